The summed E-state index contributed by atoms with van der Waals surface area (Å²) in [6.45, 7) is 0.00902. The number of nitrogens with one attached hydrogen (secondary N) is 1. The van der Waals surface area contributed by atoms with Gasteiger partial charge in [0, 0.05) is 17.1 Å². The van der Waals surface area contributed by atoms with Crippen molar-refractivity contribution in [3.8, 4) is 11.5 Å². The van der Waals surface area contributed by atoms with Crippen LogP contribution >= 0.6 is 11.6 Å². The van der Waals surface area contributed by atoms with Gasteiger partial charge >= 0.3 is 5.97 Å². The Morgan fingerprint density at radius 3 is 2.41 bits per heavy atom. The molecular formula is C20H22ClNO5. The molecule has 27 heavy (non-hydrogen) atoms. The van der Waals surface area contributed by atoms with Crippen molar-refractivity contribution in [1.29, 1.82) is 0 Å². The molecule has 2 rings (SSSR count). The molecule has 2 aromatic rings. The van der Waals surface area contributed by atoms with Crippen LogP contribution in [0.15, 0.2) is 42.5 Å². The minimum absolute atomic E-state index is 0.00902. The lowest BCUT2D eigenvalue weighted by Gasteiger charge is -2.16. The fourth-order valence-electron chi connectivity index (χ4n) is 2.74. The first-order chi connectivity index (χ1) is 12.9. The number of rotatable bonds is 9. The summed E-state index contributed by atoms with van der Waals surface area (Å²) in [7, 11) is 3.05. The highest BCUT2D eigenvalue weighted by molar-refractivity contribution is 6.30. The molecule has 0 bridgehead atoms. The van der Waals surface area contributed by atoms with Gasteiger partial charge in [0.1, 0.15) is 11.5 Å². The molecule has 0 fully saturated rings. The monoisotopic (exact) mass is 391 g/mol. The maximum atomic E-state index is 12.3. The van der Waals surface area contributed by atoms with Crippen molar-refractivity contribution in [1.82, 2.24) is 5.32 Å². The van der Waals surface area contributed by atoms with Gasteiger partial charge in [-0.25, -0.2) is 0 Å². The molecule has 7 heteroatoms. The molecule has 0 saturated heterocycles. The van der Waals surface area contributed by atoms with Gasteiger partial charge in [-0.05, 0) is 36.2 Å². The summed E-state index contributed by atoms with van der Waals surface area (Å²) in [5.41, 5.74) is 1.41. The van der Waals surface area contributed by atoms with Crippen molar-refractivity contribution < 1.29 is 24.2 Å². The van der Waals surface area contributed by atoms with Crippen LogP contribution in [0.1, 0.15) is 11.1 Å². The van der Waals surface area contributed by atoms with E-state index in [1.165, 1.54) is 14.2 Å². The number of ether oxygens (including phenoxy) is 2. The fraction of sp³-hybridized carbons (Fsp3) is 0.300. The standard InChI is InChI=1S/C20H22ClNO5/c1-26-17-6-4-3-5-13(17)9-15(20(24)25)12-22-19(23)11-14-10-16(21)7-8-18(14)27-2/h3-8,10,15H,9,11-12H2,1-2H3,(H,22,23)(H,24,25). The van der Waals surface area contributed by atoms with E-state index in [1.54, 1.807) is 24.3 Å². The van der Waals surface area contributed by atoms with Crippen LogP contribution in [0.3, 0.4) is 0 Å². The summed E-state index contributed by atoms with van der Waals surface area (Å²) < 4.78 is 10.5. The maximum absolute atomic E-state index is 12.3. The first-order valence-corrected chi connectivity index (χ1v) is 8.76. The number of carboxylic acid groups (broad SMARTS) is 1. The molecule has 1 atom stereocenters. The van der Waals surface area contributed by atoms with Crippen molar-refractivity contribution in [2.45, 2.75) is 12.8 Å². The summed E-state index contributed by atoms with van der Waals surface area (Å²) in [5.74, 6) is -0.882. The minimum Gasteiger partial charge on any atom is -0.496 e. The SMILES string of the molecule is COc1ccc(Cl)cc1CC(=O)NCC(Cc1ccccc1OC)C(=O)O. The van der Waals surface area contributed by atoms with Gasteiger partial charge in [-0.3, -0.25) is 9.59 Å². The average Bonchev–Trinajstić information content (AvgIpc) is 2.65. The third-order valence-electron chi connectivity index (χ3n) is 4.15. The lowest BCUT2D eigenvalue weighted by molar-refractivity contribution is -0.141. The Hall–Kier alpha value is -2.73. The van der Waals surface area contributed by atoms with E-state index in [0.717, 1.165) is 5.56 Å². The number of carbonyl (C=O) groups is 2. The largest absolute Gasteiger partial charge is 0.496 e. The molecule has 1 amide bonds. The average molecular weight is 392 g/mol. The van der Waals surface area contributed by atoms with Gasteiger partial charge in [0.25, 0.3) is 0 Å². The summed E-state index contributed by atoms with van der Waals surface area (Å²) in [4.78, 5) is 23.9. The summed E-state index contributed by atoms with van der Waals surface area (Å²) in [5, 5.41) is 12.7. The van der Waals surface area contributed by atoms with E-state index in [4.69, 9.17) is 21.1 Å². The topological polar surface area (TPSA) is 84.9 Å². The molecular weight excluding hydrogens is 370 g/mol. The lowest BCUT2D eigenvalue weighted by atomic mass is 9.98. The van der Waals surface area contributed by atoms with Crippen molar-refractivity contribution in [3.63, 3.8) is 0 Å². The van der Waals surface area contributed by atoms with Gasteiger partial charge in [-0.15, -0.1) is 0 Å². The number of aliphatic carboxylic acids is 1. The van der Waals surface area contributed by atoms with Crippen molar-refractivity contribution in [2.75, 3.05) is 20.8 Å². The van der Waals surface area contributed by atoms with Gasteiger partial charge in [0.05, 0.1) is 26.6 Å². The van der Waals surface area contributed by atoms with Crippen LogP contribution in [-0.2, 0) is 22.4 Å². The van der Waals surface area contributed by atoms with Crippen LogP contribution in [0.5, 0.6) is 11.5 Å². The van der Waals surface area contributed by atoms with Crippen molar-refractivity contribution in [3.05, 3.63) is 58.6 Å². The first kappa shape index (κ1) is 20.6. The second-order valence-electron chi connectivity index (χ2n) is 5.99. The second kappa shape index (κ2) is 9.83. The minimum atomic E-state index is -0.985. The number of benzene rings is 2. The van der Waals surface area contributed by atoms with Gasteiger partial charge in [-0.1, -0.05) is 29.8 Å². The van der Waals surface area contributed by atoms with Gasteiger partial charge in [-0.2, -0.15) is 0 Å². The number of carboxylic acids is 1. The Bertz CT molecular complexity index is 809. The molecule has 0 aliphatic carbocycles. The number of halogens is 1. The molecule has 6 nitrogen and oxygen atoms in total. The maximum Gasteiger partial charge on any atom is 0.308 e. The van der Waals surface area contributed by atoms with Gasteiger partial charge in [0.15, 0.2) is 0 Å². The van der Waals surface area contributed by atoms with Crippen LogP contribution < -0.4 is 14.8 Å². The van der Waals surface area contributed by atoms with Crippen LogP contribution in [-0.4, -0.2) is 37.7 Å². The van der Waals surface area contributed by atoms with E-state index in [0.29, 0.717) is 22.1 Å². The molecule has 0 spiro atoms. The third kappa shape index (κ3) is 5.89. The van der Waals surface area contributed by atoms with Crippen LogP contribution in [0.2, 0.25) is 5.02 Å². The van der Waals surface area contributed by atoms with Gasteiger partial charge < -0.3 is 19.9 Å². The predicted molar refractivity (Wildman–Crippen MR) is 103 cm³/mol. The quantitative estimate of drug-likeness (QED) is 0.686. The van der Waals surface area contributed by atoms with E-state index in [2.05, 4.69) is 5.32 Å². The number of hydrogen-bond acceptors (Lipinski definition) is 4. The van der Waals surface area contributed by atoms with Crippen LogP contribution in [0, 0.1) is 5.92 Å². The molecule has 0 heterocycles. The lowest BCUT2D eigenvalue weighted by Crippen LogP contribution is -2.35. The molecule has 0 saturated carbocycles. The van der Waals surface area contributed by atoms with E-state index >= 15 is 0 Å². The Labute approximate surface area is 163 Å². The molecule has 2 aromatic carbocycles. The molecule has 0 radical (unpaired) electrons. The number of para-hydroxylation sites is 1. The number of carbonyl (C=O) groups excluding carboxylic acids is 1. The number of hydrogen-bond donors (Lipinski definition) is 2. The predicted octanol–water partition coefficient (Wildman–Crippen LogP) is 2.96. The normalized spacial score (nSPS) is 11.5. The van der Waals surface area contributed by atoms with Gasteiger partial charge in [0.2, 0.25) is 5.91 Å². The van der Waals surface area contributed by atoms with E-state index < -0.39 is 11.9 Å². The van der Waals surface area contributed by atoms with Crippen molar-refractivity contribution in [2.24, 2.45) is 5.92 Å². The Morgan fingerprint density at radius 2 is 1.74 bits per heavy atom. The van der Waals surface area contributed by atoms with Crippen LogP contribution in [0.4, 0.5) is 0 Å². The van der Waals surface area contributed by atoms with E-state index in [1.807, 2.05) is 18.2 Å². The number of methoxy groups -OCH3 is 2. The highest BCUT2D eigenvalue weighted by Crippen LogP contribution is 2.23. The number of amides is 1. The highest BCUT2D eigenvalue weighted by atomic mass is 35.5. The summed E-state index contributed by atoms with van der Waals surface area (Å²) in [6, 6.07) is 12.2. The molecule has 1 unspecified atom stereocenters. The summed E-state index contributed by atoms with van der Waals surface area (Å²) >= 11 is 5.97. The summed E-state index contributed by atoms with van der Waals surface area (Å²) in [6.07, 6.45) is 0.296. The molecule has 0 aliphatic heterocycles. The third-order valence-corrected chi connectivity index (χ3v) is 4.38. The Kier molecular flexibility index (Phi) is 7.49. The smallest absolute Gasteiger partial charge is 0.308 e. The molecule has 2 N–H and O–H groups in total. The molecule has 0 aliphatic rings. The van der Waals surface area contributed by atoms with Crippen LogP contribution in [0.25, 0.3) is 0 Å². The second-order valence-corrected chi connectivity index (χ2v) is 6.42. The zero-order valence-electron chi connectivity index (χ0n) is 15.2. The highest BCUT2D eigenvalue weighted by Gasteiger charge is 2.21. The van der Waals surface area contributed by atoms with E-state index in [9.17, 15) is 14.7 Å². The Morgan fingerprint density at radius 1 is 1.07 bits per heavy atom. The molecule has 144 valence electrons. The van der Waals surface area contributed by atoms with Crippen molar-refractivity contribution >= 4 is 23.5 Å². The van der Waals surface area contributed by atoms with E-state index in [-0.39, 0.29) is 25.3 Å². The first-order valence-electron chi connectivity index (χ1n) is 8.38. The Balaban J connectivity index is 2.00. The zero-order chi connectivity index (χ0) is 19.8. The fourth-order valence-corrected chi connectivity index (χ4v) is 2.94. The molecule has 0 aromatic heterocycles. The zero-order valence-corrected chi connectivity index (χ0v) is 16.0.